The van der Waals surface area contributed by atoms with Gasteiger partial charge in [0.25, 0.3) is 5.91 Å². The predicted molar refractivity (Wildman–Crippen MR) is 70.7 cm³/mol. The van der Waals surface area contributed by atoms with Crippen molar-refractivity contribution < 1.29 is 14.3 Å². The highest BCUT2D eigenvalue weighted by Gasteiger charge is 2.36. The Bertz CT molecular complexity index is 473. The first-order valence-electron chi connectivity index (χ1n) is 6.22. The predicted octanol–water partition coefficient (Wildman–Crippen LogP) is 0.978. The van der Waals surface area contributed by atoms with E-state index in [0.717, 1.165) is 0 Å². The van der Waals surface area contributed by atoms with Crippen LogP contribution in [0.3, 0.4) is 0 Å². The number of hydrogen-bond acceptors (Lipinski definition) is 4. The Morgan fingerprint density at radius 1 is 1.32 bits per heavy atom. The lowest BCUT2D eigenvalue weighted by Crippen LogP contribution is -2.35. The van der Waals surface area contributed by atoms with Crippen LogP contribution in [0.25, 0.3) is 0 Å². The van der Waals surface area contributed by atoms with Gasteiger partial charge in [-0.25, -0.2) is 4.79 Å². The molecule has 0 spiro atoms. The molecule has 3 N–H and O–H groups in total. The number of amides is 3. The summed E-state index contributed by atoms with van der Waals surface area (Å²) in [6, 6.07) is 6.21. The van der Waals surface area contributed by atoms with Crippen LogP contribution in [-0.4, -0.2) is 36.0 Å². The van der Waals surface area contributed by atoms with Crippen LogP contribution in [0.1, 0.15) is 13.3 Å². The number of nitrogens with zero attached hydrogens (tertiary/aromatic N) is 1. The summed E-state index contributed by atoms with van der Waals surface area (Å²) < 4.78 is 5.46. The summed E-state index contributed by atoms with van der Waals surface area (Å²) in [4.78, 5) is 24.6. The zero-order chi connectivity index (χ0) is 13.8. The smallest absolute Gasteiger partial charge is 0.324 e. The van der Waals surface area contributed by atoms with Crippen molar-refractivity contribution in [2.45, 2.75) is 19.4 Å². The molecular weight excluding hydrogens is 246 g/mol. The molecule has 1 aromatic rings. The van der Waals surface area contributed by atoms with Crippen LogP contribution in [-0.2, 0) is 4.79 Å². The Morgan fingerprint density at radius 2 is 2.00 bits per heavy atom. The fourth-order valence-electron chi connectivity index (χ4n) is 1.88. The molecule has 1 saturated heterocycles. The van der Waals surface area contributed by atoms with Crippen LogP contribution in [0.4, 0.5) is 10.5 Å². The van der Waals surface area contributed by atoms with Gasteiger partial charge in [-0.3, -0.25) is 9.69 Å². The fraction of sp³-hybridized carbons (Fsp3) is 0.385. The SMILES string of the molecule is CCC1NC(=O)N(CCOc2ccc(N)cc2)C1=O. The number of hydrogen-bond donors (Lipinski definition) is 2. The molecule has 0 aliphatic carbocycles. The summed E-state index contributed by atoms with van der Waals surface area (Å²) in [5, 5.41) is 2.62. The summed E-state index contributed by atoms with van der Waals surface area (Å²) in [6.45, 7) is 2.36. The summed E-state index contributed by atoms with van der Waals surface area (Å²) >= 11 is 0. The first-order chi connectivity index (χ1) is 9.11. The molecule has 0 radical (unpaired) electrons. The van der Waals surface area contributed by atoms with Crippen LogP contribution in [0.2, 0.25) is 0 Å². The van der Waals surface area contributed by atoms with Gasteiger partial charge >= 0.3 is 6.03 Å². The van der Waals surface area contributed by atoms with Gasteiger partial charge in [0.1, 0.15) is 18.4 Å². The van der Waals surface area contributed by atoms with Gasteiger partial charge in [-0.15, -0.1) is 0 Å². The molecule has 1 aliphatic heterocycles. The van der Waals surface area contributed by atoms with Crippen LogP contribution in [0.15, 0.2) is 24.3 Å². The Balaban J connectivity index is 1.84. The highest BCUT2D eigenvalue weighted by atomic mass is 16.5. The van der Waals surface area contributed by atoms with E-state index in [9.17, 15) is 9.59 Å². The maximum atomic E-state index is 11.8. The van der Waals surface area contributed by atoms with E-state index < -0.39 is 6.04 Å². The lowest BCUT2D eigenvalue weighted by molar-refractivity contribution is -0.127. The maximum Gasteiger partial charge on any atom is 0.324 e. The second-order valence-electron chi connectivity index (χ2n) is 4.32. The summed E-state index contributed by atoms with van der Waals surface area (Å²) in [6.07, 6.45) is 0.597. The van der Waals surface area contributed by atoms with Crippen molar-refractivity contribution >= 4 is 17.6 Å². The monoisotopic (exact) mass is 263 g/mol. The highest BCUT2D eigenvalue weighted by Crippen LogP contribution is 2.14. The topological polar surface area (TPSA) is 84.7 Å². The third kappa shape index (κ3) is 2.96. The quantitative estimate of drug-likeness (QED) is 0.612. The number of imide groups is 1. The number of rotatable bonds is 5. The molecule has 0 aromatic heterocycles. The molecule has 1 unspecified atom stereocenters. The molecule has 1 fully saturated rings. The molecule has 1 atom stereocenters. The number of urea groups is 1. The molecule has 1 heterocycles. The number of nitrogens with one attached hydrogen (secondary N) is 1. The number of carbonyl (C=O) groups is 2. The zero-order valence-corrected chi connectivity index (χ0v) is 10.8. The first kappa shape index (κ1) is 13.2. The average molecular weight is 263 g/mol. The van der Waals surface area contributed by atoms with E-state index in [1.54, 1.807) is 24.3 Å². The fourth-order valence-corrected chi connectivity index (χ4v) is 1.88. The average Bonchev–Trinajstić information content (AvgIpc) is 2.68. The number of ether oxygens (including phenoxy) is 1. The van der Waals surface area contributed by atoms with Gasteiger partial charge in [0, 0.05) is 5.69 Å². The van der Waals surface area contributed by atoms with E-state index in [0.29, 0.717) is 17.9 Å². The molecule has 6 nitrogen and oxygen atoms in total. The van der Waals surface area contributed by atoms with Crippen LogP contribution < -0.4 is 15.8 Å². The van der Waals surface area contributed by atoms with Gasteiger partial charge < -0.3 is 15.8 Å². The van der Waals surface area contributed by atoms with Crippen LogP contribution in [0, 0.1) is 0 Å². The molecule has 0 saturated carbocycles. The minimum Gasteiger partial charge on any atom is -0.492 e. The van der Waals surface area contributed by atoms with E-state index in [4.69, 9.17) is 10.5 Å². The Hall–Kier alpha value is -2.24. The van der Waals surface area contributed by atoms with Crippen molar-refractivity contribution in [3.8, 4) is 5.75 Å². The van der Waals surface area contributed by atoms with E-state index in [2.05, 4.69) is 5.32 Å². The third-order valence-corrected chi connectivity index (χ3v) is 2.98. The molecular formula is C13H17N3O3. The summed E-state index contributed by atoms with van der Waals surface area (Å²) in [7, 11) is 0. The van der Waals surface area contributed by atoms with E-state index in [-0.39, 0.29) is 25.1 Å². The number of anilines is 1. The number of carbonyl (C=O) groups excluding carboxylic acids is 2. The minimum atomic E-state index is -0.399. The second-order valence-corrected chi connectivity index (χ2v) is 4.32. The molecule has 3 amide bonds. The number of nitrogens with two attached hydrogens (primary N) is 1. The van der Waals surface area contributed by atoms with Gasteiger partial charge in [0.2, 0.25) is 0 Å². The zero-order valence-electron chi connectivity index (χ0n) is 10.8. The van der Waals surface area contributed by atoms with Gasteiger partial charge in [-0.1, -0.05) is 6.92 Å². The molecule has 2 rings (SSSR count). The lowest BCUT2D eigenvalue weighted by Gasteiger charge is -2.13. The van der Waals surface area contributed by atoms with E-state index in [1.165, 1.54) is 4.90 Å². The van der Waals surface area contributed by atoms with Crippen molar-refractivity contribution in [2.75, 3.05) is 18.9 Å². The highest BCUT2D eigenvalue weighted by molar-refractivity contribution is 6.04. The van der Waals surface area contributed by atoms with E-state index >= 15 is 0 Å². The minimum absolute atomic E-state index is 0.187. The van der Waals surface area contributed by atoms with Crippen molar-refractivity contribution in [1.82, 2.24) is 10.2 Å². The van der Waals surface area contributed by atoms with Crippen LogP contribution >= 0.6 is 0 Å². The standard InChI is InChI=1S/C13H17N3O3/c1-2-11-12(17)16(13(18)15-11)7-8-19-10-5-3-9(14)4-6-10/h3-6,11H,2,7-8,14H2,1H3,(H,15,18). The third-order valence-electron chi connectivity index (χ3n) is 2.98. The maximum absolute atomic E-state index is 11.8. The van der Waals surface area contributed by atoms with Gasteiger partial charge in [0.05, 0.1) is 6.54 Å². The Kier molecular flexibility index (Phi) is 3.89. The number of nitrogen functional groups attached to an aromatic ring is 1. The molecule has 6 heteroatoms. The normalized spacial score (nSPS) is 18.6. The van der Waals surface area contributed by atoms with Crippen LogP contribution in [0.5, 0.6) is 5.75 Å². The second kappa shape index (κ2) is 5.60. The molecule has 19 heavy (non-hydrogen) atoms. The molecule has 0 bridgehead atoms. The summed E-state index contributed by atoms with van der Waals surface area (Å²) in [5.74, 6) is 0.474. The van der Waals surface area contributed by atoms with Gasteiger partial charge in [-0.2, -0.15) is 0 Å². The summed E-state index contributed by atoms with van der Waals surface area (Å²) in [5.41, 5.74) is 6.22. The number of benzene rings is 1. The first-order valence-corrected chi connectivity index (χ1v) is 6.22. The van der Waals surface area contributed by atoms with Crippen molar-refractivity contribution in [2.24, 2.45) is 0 Å². The molecule has 102 valence electrons. The van der Waals surface area contributed by atoms with Crippen molar-refractivity contribution in [3.05, 3.63) is 24.3 Å². The van der Waals surface area contributed by atoms with Gasteiger partial charge in [0.15, 0.2) is 0 Å². The Morgan fingerprint density at radius 3 is 2.58 bits per heavy atom. The lowest BCUT2D eigenvalue weighted by atomic mass is 10.2. The van der Waals surface area contributed by atoms with Gasteiger partial charge in [-0.05, 0) is 30.7 Å². The largest absolute Gasteiger partial charge is 0.492 e. The molecule has 1 aliphatic rings. The van der Waals surface area contributed by atoms with Crippen molar-refractivity contribution in [3.63, 3.8) is 0 Å². The van der Waals surface area contributed by atoms with Crippen molar-refractivity contribution in [1.29, 1.82) is 0 Å². The Labute approximate surface area is 111 Å². The van der Waals surface area contributed by atoms with E-state index in [1.807, 2.05) is 6.92 Å². The molecule has 1 aromatic carbocycles.